The monoisotopic (exact) mass is 195 g/mol. The number of fused-ring (bicyclic) bond motifs is 1. The van der Waals surface area contributed by atoms with Crippen LogP contribution in [0.4, 0.5) is 0 Å². The minimum absolute atomic E-state index is 0.746. The van der Waals surface area contributed by atoms with Gasteiger partial charge in [-0.1, -0.05) is 20.3 Å². The molecule has 0 aromatic heterocycles. The van der Waals surface area contributed by atoms with Crippen LogP contribution < -0.4 is 0 Å². The van der Waals surface area contributed by atoms with Crippen molar-refractivity contribution in [3.05, 3.63) is 0 Å². The van der Waals surface area contributed by atoms with E-state index in [0.717, 1.165) is 29.8 Å². The standard InChI is InChI=1S/C13H25N/c1-9(2)14-8-6-5-7-12-10(3)11(4)13(12)14/h9-13H,5-8H2,1-4H3. The van der Waals surface area contributed by atoms with Gasteiger partial charge >= 0.3 is 0 Å². The fraction of sp³-hybridized carbons (Fsp3) is 1.00. The van der Waals surface area contributed by atoms with E-state index >= 15 is 0 Å². The Morgan fingerprint density at radius 3 is 2.43 bits per heavy atom. The highest BCUT2D eigenvalue weighted by Gasteiger charge is 2.48. The van der Waals surface area contributed by atoms with Gasteiger partial charge in [-0.2, -0.15) is 0 Å². The van der Waals surface area contributed by atoms with Gasteiger partial charge in [-0.05, 0) is 51.0 Å². The smallest absolute Gasteiger partial charge is 0.0157 e. The van der Waals surface area contributed by atoms with Crippen LogP contribution in [-0.2, 0) is 0 Å². The molecule has 4 unspecified atom stereocenters. The second-order valence-corrected chi connectivity index (χ2v) is 5.70. The van der Waals surface area contributed by atoms with Crippen molar-refractivity contribution >= 4 is 0 Å². The third kappa shape index (κ3) is 1.50. The van der Waals surface area contributed by atoms with Crippen molar-refractivity contribution in [1.29, 1.82) is 0 Å². The molecular formula is C13H25N. The molecule has 1 saturated heterocycles. The van der Waals surface area contributed by atoms with Gasteiger partial charge in [0.25, 0.3) is 0 Å². The van der Waals surface area contributed by atoms with Crippen molar-refractivity contribution in [2.45, 2.75) is 59.0 Å². The van der Waals surface area contributed by atoms with Crippen molar-refractivity contribution in [2.75, 3.05) is 6.54 Å². The normalized spacial score (nSPS) is 44.4. The minimum Gasteiger partial charge on any atom is -0.297 e. The van der Waals surface area contributed by atoms with Gasteiger partial charge in [-0.3, -0.25) is 4.90 Å². The van der Waals surface area contributed by atoms with Crippen molar-refractivity contribution in [3.63, 3.8) is 0 Å². The Bertz CT molecular complexity index is 199. The molecule has 0 bridgehead atoms. The van der Waals surface area contributed by atoms with Gasteiger partial charge in [0.1, 0.15) is 0 Å². The van der Waals surface area contributed by atoms with Crippen LogP contribution in [0.3, 0.4) is 0 Å². The lowest BCUT2D eigenvalue weighted by atomic mass is 9.60. The molecule has 2 fully saturated rings. The van der Waals surface area contributed by atoms with Crippen LogP contribution in [-0.4, -0.2) is 23.5 Å². The molecule has 82 valence electrons. The molecular weight excluding hydrogens is 170 g/mol. The van der Waals surface area contributed by atoms with Gasteiger partial charge in [-0.25, -0.2) is 0 Å². The minimum atomic E-state index is 0.746. The first kappa shape index (κ1) is 10.5. The molecule has 0 N–H and O–H groups in total. The van der Waals surface area contributed by atoms with E-state index in [4.69, 9.17) is 0 Å². The quantitative estimate of drug-likeness (QED) is 0.621. The average molecular weight is 195 g/mol. The van der Waals surface area contributed by atoms with Gasteiger partial charge in [0, 0.05) is 12.1 Å². The van der Waals surface area contributed by atoms with Crippen LogP contribution in [0.5, 0.6) is 0 Å². The second-order valence-electron chi connectivity index (χ2n) is 5.70. The molecule has 2 rings (SSSR count). The van der Waals surface area contributed by atoms with Crippen molar-refractivity contribution in [1.82, 2.24) is 4.90 Å². The molecule has 0 aromatic carbocycles. The first-order valence-corrected chi connectivity index (χ1v) is 6.38. The molecule has 14 heavy (non-hydrogen) atoms. The SMILES string of the molecule is CC1C(C)C2C1CCCCN2C(C)C. The van der Waals surface area contributed by atoms with E-state index in [1.807, 2.05) is 0 Å². The Morgan fingerprint density at radius 1 is 1.07 bits per heavy atom. The summed E-state index contributed by atoms with van der Waals surface area (Å²) in [6, 6.07) is 1.66. The fourth-order valence-electron chi connectivity index (χ4n) is 3.66. The molecule has 2 aliphatic rings. The summed E-state index contributed by atoms with van der Waals surface area (Å²) in [7, 11) is 0. The number of rotatable bonds is 1. The lowest BCUT2D eigenvalue weighted by molar-refractivity contribution is -0.0539. The highest BCUT2D eigenvalue weighted by Crippen LogP contribution is 2.47. The zero-order chi connectivity index (χ0) is 10.3. The summed E-state index contributed by atoms with van der Waals surface area (Å²) >= 11 is 0. The number of likely N-dealkylation sites (tertiary alicyclic amines) is 1. The highest BCUT2D eigenvalue weighted by molar-refractivity contribution is 5.00. The summed E-state index contributed by atoms with van der Waals surface area (Å²) in [5.74, 6) is 2.91. The van der Waals surface area contributed by atoms with Gasteiger partial charge in [-0.15, -0.1) is 0 Å². The summed E-state index contributed by atoms with van der Waals surface area (Å²) in [4.78, 5) is 2.77. The fourth-order valence-corrected chi connectivity index (χ4v) is 3.66. The van der Waals surface area contributed by atoms with Crippen molar-refractivity contribution < 1.29 is 0 Å². The molecule has 1 saturated carbocycles. The van der Waals surface area contributed by atoms with E-state index in [0.29, 0.717) is 0 Å². The van der Waals surface area contributed by atoms with Crippen molar-refractivity contribution in [2.24, 2.45) is 17.8 Å². The van der Waals surface area contributed by atoms with Crippen LogP contribution >= 0.6 is 0 Å². The van der Waals surface area contributed by atoms with Crippen molar-refractivity contribution in [3.8, 4) is 0 Å². The molecule has 0 spiro atoms. The summed E-state index contributed by atoms with van der Waals surface area (Å²) in [6.07, 6.45) is 4.37. The molecule has 0 amide bonds. The zero-order valence-corrected chi connectivity index (χ0v) is 10.2. The molecule has 0 radical (unpaired) electrons. The third-order valence-electron chi connectivity index (χ3n) is 4.73. The molecule has 1 heterocycles. The van der Waals surface area contributed by atoms with Crippen LogP contribution in [0, 0.1) is 17.8 Å². The summed E-state index contributed by atoms with van der Waals surface area (Å²) in [5.41, 5.74) is 0. The maximum Gasteiger partial charge on any atom is 0.0157 e. The van der Waals surface area contributed by atoms with Crippen LogP contribution in [0.2, 0.25) is 0 Å². The molecule has 1 nitrogen and oxygen atoms in total. The molecule has 0 aromatic rings. The second kappa shape index (κ2) is 3.84. The van der Waals surface area contributed by atoms with E-state index in [1.54, 1.807) is 0 Å². The van der Waals surface area contributed by atoms with Gasteiger partial charge in [0.15, 0.2) is 0 Å². The zero-order valence-electron chi connectivity index (χ0n) is 10.2. The topological polar surface area (TPSA) is 3.24 Å². The number of hydrogen-bond donors (Lipinski definition) is 0. The first-order chi connectivity index (χ1) is 6.63. The highest BCUT2D eigenvalue weighted by atomic mass is 15.2. The summed E-state index contributed by atoms with van der Waals surface area (Å²) in [5, 5.41) is 0. The Hall–Kier alpha value is -0.0400. The first-order valence-electron chi connectivity index (χ1n) is 6.38. The summed E-state index contributed by atoms with van der Waals surface area (Å²) < 4.78 is 0. The van der Waals surface area contributed by atoms with E-state index in [-0.39, 0.29) is 0 Å². The van der Waals surface area contributed by atoms with E-state index < -0.39 is 0 Å². The van der Waals surface area contributed by atoms with Gasteiger partial charge in [0.2, 0.25) is 0 Å². The van der Waals surface area contributed by atoms with E-state index in [9.17, 15) is 0 Å². The summed E-state index contributed by atoms with van der Waals surface area (Å²) in [6.45, 7) is 11.0. The maximum absolute atomic E-state index is 2.77. The lowest BCUT2D eigenvalue weighted by Gasteiger charge is -2.54. The largest absolute Gasteiger partial charge is 0.297 e. The molecule has 4 atom stereocenters. The predicted octanol–water partition coefficient (Wildman–Crippen LogP) is 3.15. The van der Waals surface area contributed by atoms with Gasteiger partial charge in [0.05, 0.1) is 0 Å². The number of hydrogen-bond acceptors (Lipinski definition) is 1. The van der Waals surface area contributed by atoms with Crippen LogP contribution in [0.1, 0.15) is 47.0 Å². The Balaban J connectivity index is 2.10. The number of nitrogens with zero attached hydrogens (tertiary/aromatic N) is 1. The Morgan fingerprint density at radius 2 is 1.79 bits per heavy atom. The average Bonchev–Trinajstić information content (AvgIpc) is 2.36. The van der Waals surface area contributed by atoms with Crippen LogP contribution in [0.25, 0.3) is 0 Å². The van der Waals surface area contributed by atoms with E-state index in [1.165, 1.54) is 25.8 Å². The van der Waals surface area contributed by atoms with Gasteiger partial charge < -0.3 is 0 Å². The Labute approximate surface area is 88.9 Å². The predicted molar refractivity (Wildman–Crippen MR) is 61.3 cm³/mol. The maximum atomic E-state index is 2.77. The Kier molecular flexibility index (Phi) is 2.88. The van der Waals surface area contributed by atoms with Crippen LogP contribution in [0.15, 0.2) is 0 Å². The van der Waals surface area contributed by atoms with E-state index in [2.05, 4.69) is 32.6 Å². The third-order valence-corrected chi connectivity index (χ3v) is 4.73. The molecule has 1 aliphatic carbocycles. The lowest BCUT2D eigenvalue weighted by Crippen LogP contribution is -2.59. The molecule has 1 aliphatic heterocycles. The molecule has 1 heteroatoms.